The number of hydrogen-bond acceptors (Lipinski definition) is 2. The lowest BCUT2D eigenvalue weighted by Crippen LogP contribution is -2.39. The highest BCUT2D eigenvalue weighted by atomic mass is 16.6. The van der Waals surface area contributed by atoms with Gasteiger partial charge in [-0.1, -0.05) is 32.9 Å². The Bertz CT molecular complexity index is 382. The zero-order chi connectivity index (χ0) is 12.9. The number of rotatable bonds is 2. The van der Waals surface area contributed by atoms with Gasteiger partial charge in [-0.05, 0) is 36.0 Å². The maximum absolute atomic E-state index is 11.5. The summed E-state index contributed by atoms with van der Waals surface area (Å²) >= 11 is 0. The van der Waals surface area contributed by atoms with E-state index in [9.17, 15) is 4.79 Å². The molecule has 3 rings (SSSR count). The van der Waals surface area contributed by atoms with E-state index in [1.807, 2.05) is 4.90 Å². The molecule has 3 nitrogen and oxygen atoms in total. The van der Waals surface area contributed by atoms with Crippen LogP contribution in [0.25, 0.3) is 0 Å². The quantitative estimate of drug-likeness (QED) is 0.704. The molecule has 0 aromatic rings. The zero-order valence-corrected chi connectivity index (χ0v) is 11.6. The van der Waals surface area contributed by atoms with Crippen LogP contribution in [0.4, 0.5) is 4.79 Å². The average molecular weight is 249 g/mol. The van der Waals surface area contributed by atoms with Crippen molar-refractivity contribution in [3.05, 3.63) is 12.2 Å². The summed E-state index contributed by atoms with van der Waals surface area (Å²) in [6.45, 7) is 8.25. The summed E-state index contributed by atoms with van der Waals surface area (Å²) in [5.74, 6) is 2.23. The Kier molecular flexibility index (Phi) is 2.68. The maximum Gasteiger partial charge on any atom is 0.410 e. The van der Waals surface area contributed by atoms with Crippen LogP contribution in [0.5, 0.6) is 0 Å². The molecule has 0 bridgehead atoms. The van der Waals surface area contributed by atoms with E-state index < -0.39 is 0 Å². The van der Waals surface area contributed by atoms with E-state index in [0.29, 0.717) is 18.6 Å². The minimum atomic E-state index is -0.0848. The summed E-state index contributed by atoms with van der Waals surface area (Å²) in [5.41, 5.74) is 0.280. The molecule has 2 aliphatic heterocycles. The molecule has 18 heavy (non-hydrogen) atoms. The molecule has 0 aromatic heterocycles. The van der Waals surface area contributed by atoms with Crippen LogP contribution in [-0.2, 0) is 4.74 Å². The first kappa shape index (κ1) is 12.1. The van der Waals surface area contributed by atoms with Crippen molar-refractivity contribution in [2.24, 2.45) is 23.2 Å². The summed E-state index contributed by atoms with van der Waals surface area (Å²) < 4.78 is 5.11. The highest BCUT2D eigenvalue weighted by Gasteiger charge is 2.56. The second-order valence-electron chi connectivity index (χ2n) is 7.12. The molecular weight excluding hydrogens is 226 g/mol. The lowest BCUT2D eigenvalue weighted by atomic mass is 9.63. The van der Waals surface area contributed by atoms with Crippen molar-refractivity contribution in [2.45, 2.75) is 39.7 Å². The van der Waals surface area contributed by atoms with Crippen molar-refractivity contribution < 1.29 is 9.53 Å². The Hall–Kier alpha value is -0.990. The van der Waals surface area contributed by atoms with E-state index in [0.717, 1.165) is 18.4 Å². The van der Waals surface area contributed by atoms with Gasteiger partial charge in [-0.25, -0.2) is 4.79 Å². The van der Waals surface area contributed by atoms with E-state index in [1.54, 1.807) is 0 Å². The predicted molar refractivity (Wildman–Crippen MR) is 70.1 cm³/mol. The number of amides is 1. The van der Waals surface area contributed by atoms with Gasteiger partial charge in [0, 0.05) is 6.54 Å². The highest BCUT2D eigenvalue weighted by molar-refractivity contribution is 5.71. The summed E-state index contributed by atoms with van der Waals surface area (Å²) in [6.07, 6.45) is 7.01. The number of hydrogen-bond donors (Lipinski definition) is 0. The first-order chi connectivity index (χ1) is 8.46. The lowest BCUT2D eigenvalue weighted by Gasteiger charge is -2.40. The van der Waals surface area contributed by atoms with Crippen LogP contribution in [0.3, 0.4) is 0 Å². The molecule has 0 radical (unpaired) electrons. The maximum atomic E-state index is 11.5. The second kappa shape index (κ2) is 4.01. The van der Waals surface area contributed by atoms with Crippen molar-refractivity contribution in [3.63, 3.8) is 0 Å². The number of carbonyl (C=O) groups excluding carboxylic acids is 1. The Labute approximate surface area is 109 Å². The predicted octanol–water partition coefficient (Wildman–Crippen LogP) is 3.07. The molecular formula is C15H23NO2. The van der Waals surface area contributed by atoms with E-state index in [4.69, 9.17) is 4.74 Å². The first-order valence-corrected chi connectivity index (χ1v) is 7.07. The minimum absolute atomic E-state index is 0.0848. The minimum Gasteiger partial charge on any atom is -0.447 e. The SMILES string of the molecule is CC(C)(C)/C=C/C[C@H]1C[C@H]2[C@@H]1CN1C(=O)OC[C@H]21. The lowest BCUT2D eigenvalue weighted by molar-refractivity contribution is 0.0849. The fraction of sp³-hybridized carbons (Fsp3) is 0.800. The number of carbonyl (C=O) groups is 1. The van der Waals surface area contributed by atoms with E-state index in [2.05, 4.69) is 32.9 Å². The Morgan fingerprint density at radius 1 is 1.39 bits per heavy atom. The molecule has 4 atom stereocenters. The van der Waals surface area contributed by atoms with Crippen molar-refractivity contribution in [1.29, 1.82) is 0 Å². The zero-order valence-electron chi connectivity index (χ0n) is 11.6. The van der Waals surface area contributed by atoms with E-state index >= 15 is 0 Å². The van der Waals surface area contributed by atoms with E-state index in [1.165, 1.54) is 12.8 Å². The molecule has 1 amide bonds. The van der Waals surface area contributed by atoms with Crippen LogP contribution in [-0.4, -0.2) is 30.2 Å². The molecule has 1 aliphatic carbocycles. The van der Waals surface area contributed by atoms with Gasteiger partial charge in [0.15, 0.2) is 0 Å². The third-order valence-corrected chi connectivity index (χ3v) is 4.70. The normalized spacial score (nSPS) is 38.6. The van der Waals surface area contributed by atoms with Gasteiger partial charge < -0.3 is 9.64 Å². The third-order valence-electron chi connectivity index (χ3n) is 4.70. The molecule has 1 saturated carbocycles. The number of allylic oxidation sites excluding steroid dienone is 2. The van der Waals surface area contributed by atoms with Crippen LogP contribution in [0.1, 0.15) is 33.6 Å². The van der Waals surface area contributed by atoms with Crippen LogP contribution in [0.2, 0.25) is 0 Å². The molecule has 3 fully saturated rings. The average Bonchev–Trinajstić information content (AvgIpc) is 2.72. The van der Waals surface area contributed by atoms with Crippen molar-refractivity contribution in [3.8, 4) is 0 Å². The summed E-state index contributed by atoms with van der Waals surface area (Å²) in [7, 11) is 0. The van der Waals surface area contributed by atoms with Crippen LogP contribution in [0.15, 0.2) is 12.2 Å². The Balaban J connectivity index is 1.55. The molecule has 2 heterocycles. The number of nitrogens with zero attached hydrogens (tertiary/aromatic N) is 1. The fourth-order valence-corrected chi connectivity index (χ4v) is 3.70. The Morgan fingerprint density at radius 2 is 2.17 bits per heavy atom. The topological polar surface area (TPSA) is 29.5 Å². The molecule has 100 valence electrons. The largest absolute Gasteiger partial charge is 0.447 e. The molecule has 0 N–H and O–H groups in total. The number of cyclic esters (lactones) is 1. The van der Waals surface area contributed by atoms with Gasteiger partial charge in [0.2, 0.25) is 0 Å². The van der Waals surface area contributed by atoms with E-state index in [-0.39, 0.29) is 11.5 Å². The van der Waals surface area contributed by atoms with Gasteiger partial charge in [0.25, 0.3) is 0 Å². The van der Waals surface area contributed by atoms with Gasteiger partial charge in [-0.3, -0.25) is 0 Å². The summed E-state index contributed by atoms with van der Waals surface area (Å²) in [4.78, 5) is 13.5. The third kappa shape index (κ3) is 1.94. The molecule has 2 saturated heterocycles. The summed E-state index contributed by atoms with van der Waals surface area (Å²) in [6, 6.07) is 0.394. The van der Waals surface area contributed by atoms with Gasteiger partial charge in [0.05, 0.1) is 6.04 Å². The molecule has 0 spiro atoms. The van der Waals surface area contributed by atoms with Crippen molar-refractivity contribution in [2.75, 3.05) is 13.2 Å². The van der Waals surface area contributed by atoms with Crippen molar-refractivity contribution in [1.82, 2.24) is 4.90 Å². The smallest absolute Gasteiger partial charge is 0.410 e. The van der Waals surface area contributed by atoms with Crippen LogP contribution in [0, 0.1) is 23.2 Å². The summed E-state index contributed by atoms with van der Waals surface area (Å²) in [5, 5.41) is 0. The Morgan fingerprint density at radius 3 is 2.89 bits per heavy atom. The molecule has 0 unspecified atom stereocenters. The number of fused-ring (bicyclic) bond motifs is 3. The van der Waals surface area contributed by atoms with Gasteiger partial charge in [0.1, 0.15) is 6.61 Å². The monoisotopic (exact) mass is 249 g/mol. The van der Waals surface area contributed by atoms with Gasteiger partial charge in [-0.2, -0.15) is 0 Å². The molecule has 3 heteroatoms. The number of ether oxygens (including phenoxy) is 1. The highest BCUT2D eigenvalue weighted by Crippen LogP contribution is 2.52. The second-order valence-corrected chi connectivity index (χ2v) is 7.12. The first-order valence-electron chi connectivity index (χ1n) is 7.07. The fourth-order valence-electron chi connectivity index (χ4n) is 3.70. The van der Waals surface area contributed by atoms with Crippen LogP contribution < -0.4 is 0 Å². The molecule has 3 aliphatic rings. The van der Waals surface area contributed by atoms with Crippen LogP contribution >= 0.6 is 0 Å². The standard InChI is InChI=1S/C15H23NO2/c1-15(2,3)6-4-5-10-7-11-12(10)8-16-13(11)9-18-14(16)17/h4,6,10-13H,5,7-9H2,1-3H3/b6-4+/t10-,11-,12+,13+/m0/s1. The molecule has 0 aromatic carbocycles. The van der Waals surface area contributed by atoms with Gasteiger partial charge in [-0.15, -0.1) is 0 Å². The van der Waals surface area contributed by atoms with Crippen molar-refractivity contribution >= 4 is 6.09 Å². The van der Waals surface area contributed by atoms with Gasteiger partial charge >= 0.3 is 6.09 Å².